The molecule has 0 spiro atoms. The van der Waals surface area contributed by atoms with Crippen molar-refractivity contribution < 1.29 is 4.42 Å². The summed E-state index contributed by atoms with van der Waals surface area (Å²) in [5.74, 6) is 1.02. The molecule has 0 saturated heterocycles. The van der Waals surface area contributed by atoms with Crippen LogP contribution < -0.4 is 5.32 Å². The minimum absolute atomic E-state index is 0.303. The van der Waals surface area contributed by atoms with E-state index in [1.165, 1.54) is 4.88 Å². The lowest BCUT2D eigenvalue weighted by molar-refractivity contribution is 0.472. The van der Waals surface area contributed by atoms with E-state index in [-0.39, 0.29) is 0 Å². The van der Waals surface area contributed by atoms with Gasteiger partial charge in [-0.3, -0.25) is 0 Å². The Morgan fingerprint density at radius 3 is 2.94 bits per heavy atom. The lowest BCUT2D eigenvalue weighted by Gasteiger charge is -2.14. The number of aryl methyl sites for hydroxylation is 1. The van der Waals surface area contributed by atoms with Crippen molar-refractivity contribution in [1.82, 2.24) is 5.32 Å². The summed E-state index contributed by atoms with van der Waals surface area (Å²) in [6, 6.07) is 6.17. The highest BCUT2D eigenvalue weighted by Gasteiger charge is 2.14. The van der Waals surface area contributed by atoms with Gasteiger partial charge in [0, 0.05) is 17.3 Å². The maximum absolute atomic E-state index is 6.12. The Hall–Kier alpha value is -0.770. The Balaban J connectivity index is 1.99. The second kappa shape index (κ2) is 5.53. The summed E-state index contributed by atoms with van der Waals surface area (Å²) in [6.45, 7) is 0. The molecule has 0 aromatic carbocycles. The minimum atomic E-state index is 0.303. The zero-order valence-electron chi connectivity index (χ0n) is 9.07. The van der Waals surface area contributed by atoms with Crippen LogP contribution in [0.3, 0.4) is 0 Å². The molecule has 0 saturated carbocycles. The molecule has 2 nitrogen and oxygen atoms in total. The fraction of sp³-hybridized carbons (Fsp3) is 0.333. The van der Waals surface area contributed by atoms with Crippen molar-refractivity contribution >= 4 is 22.9 Å². The highest BCUT2D eigenvalue weighted by molar-refractivity contribution is 7.10. The molecule has 0 aliphatic rings. The van der Waals surface area contributed by atoms with Gasteiger partial charge in [0.2, 0.25) is 0 Å². The van der Waals surface area contributed by atoms with E-state index in [1.807, 2.05) is 30.6 Å². The Labute approximate surface area is 104 Å². The van der Waals surface area contributed by atoms with Crippen molar-refractivity contribution in [2.24, 2.45) is 0 Å². The van der Waals surface area contributed by atoms with Gasteiger partial charge in [-0.25, -0.2) is 0 Å². The van der Waals surface area contributed by atoms with Crippen molar-refractivity contribution in [3.63, 3.8) is 0 Å². The summed E-state index contributed by atoms with van der Waals surface area (Å²) in [5, 5.41) is 6.17. The highest BCUT2D eigenvalue weighted by Crippen LogP contribution is 2.31. The van der Waals surface area contributed by atoms with E-state index in [2.05, 4.69) is 5.32 Å². The third-order valence-electron chi connectivity index (χ3n) is 2.57. The topological polar surface area (TPSA) is 25.2 Å². The molecule has 2 aromatic rings. The van der Waals surface area contributed by atoms with Gasteiger partial charge in [-0.2, -0.15) is 0 Å². The number of nitrogens with one attached hydrogen (secondary N) is 1. The van der Waals surface area contributed by atoms with Crippen molar-refractivity contribution in [2.45, 2.75) is 18.9 Å². The molecular formula is C12H14ClNOS. The van der Waals surface area contributed by atoms with Crippen molar-refractivity contribution in [2.75, 3.05) is 7.05 Å². The quantitative estimate of drug-likeness (QED) is 0.877. The van der Waals surface area contributed by atoms with Gasteiger partial charge < -0.3 is 9.73 Å². The van der Waals surface area contributed by atoms with Gasteiger partial charge in [0.05, 0.1) is 11.3 Å². The van der Waals surface area contributed by atoms with Crippen LogP contribution in [0, 0.1) is 0 Å². The second-order valence-corrected chi connectivity index (χ2v) is 4.95. The zero-order chi connectivity index (χ0) is 11.4. The Bertz CT molecular complexity index is 424. The molecule has 0 fully saturated rings. The molecule has 2 heterocycles. The maximum atomic E-state index is 6.12. The highest BCUT2D eigenvalue weighted by atomic mass is 35.5. The molecule has 2 aromatic heterocycles. The van der Waals surface area contributed by atoms with Crippen molar-refractivity contribution in [1.29, 1.82) is 0 Å². The first-order chi connectivity index (χ1) is 7.81. The van der Waals surface area contributed by atoms with Crippen LogP contribution in [0.5, 0.6) is 0 Å². The molecule has 1 unspecified atom stereocenters. The molecule has 16 heavy (non-hydrogen) atoms. The molecule has 86 valence electrons. The van der Waals surface area contributed by atoms with Gasteiger partial charge in [0.15, 0.2) is 0 Å². The van der Waals surface area contributed by atoms with Gasteiger partial charge in [-0.05, 0) is 37.0 Å². The smallest absolute Gasteiger partial charge is 0.103 e. The summed E-state index contributed by atoms with van der Waals surface area (Å²) in [7, 11) is 1.96. The van der Waals surface area contributed by atoms with Gasteiger partial charge >= 0.3 is 0 Å². The second-order valence-electron chi connectivity index (χ2n) is 3.59. The predicted octanol–water partition coefficient (Wildman–Crippen LogP) is 3.89. The Morgan fingerprint density at radius 1 is 1.50 bits per heavy atom. The van der Waals surface area contributed by atoms with Crippen LogP contribution in [0.1, 0.15) is 23.1 Å². The normalized spacial score (nSPS) is 12.9. The number of halogens is 1. The lowest BCUT2D eigenvalue weighted by Crippen LogP contribution is -2.16. The van der Waals surface area contributed by atoms with Crippen LogP contribution in [0.2, 0.25) is 5.02 Å². The molecule has 0 bridgehead atoms. The maximum Gasteiger partial charge on any atom is 0.103 e. The summed E-state index contributed by atoms with van der Waals surface area (Å²) in [6.07, 6.45) is 3.62. The molecule has 0 radical (unpaired) electrons. The predicted molar refractivity (Wildman–Crippen MR) is 68.2 cm³/mol. The minimum Gasteiger partial charge on any atom is -0.469 e. The van der Waals surface area contributed by atoms with Crippen LogP contribution >= 0.6 is 22.9 Å². The third-order valence-corrected chi connectivity index (χ3v) is 4.04. The fourth-order valence-electron chi connectivity index (χ4n) is 1.70. The van der Waals surface area contributed by atoms with Crippen LogP contribution in [-0.4, -0.2) is 7.05 Å². The van der Waals surface area contributed by atoms with Gasteiger partial charge in [0.25, 0.3) is 0 Å². The number of thiophene rings is 1. The molecule has 0 aliphatic carbocycles. The molecule has 0 amide bonds. The summed E-state index contributed by atoms with van der Waals surface area (Å²) in [5.41, 5.74) is 0. The first-order valence-corrected chi connectivity index (χ1v) is 6.49. The third kappa shape index (κ3) is 2.67. The molecule has 2 rings (SSSR count). The Morgan fingerprint density at radius 2 is 2.38 bits per heavy atom. The molecule has 0 aliphatic heterocycles. The first kappa shape index (κ1) is 11.7. The zero-order valence-corrected chi connectivity index (χ0v) is 10.6. The number of rotatable bonds is 5. The summed E-state index contributed by atoms with van der Waals surface area (Å²) < 4.78 is 5.32. The SMILES string of the molecule is CNC(CCc1ccco1)c1sccc1Cl. The number of furan rings is 1. The van der Waals surface area contributed by atoms with E-state index >= 15 is 0 Å². The van der Waals surface area contributed by atoms with Crippen LogP contribution in [0.15, 0.2) is 34.3 Å². The van der Waals surface area contributed by atoms with Gasteiger partial charge in [-0.15, -0.1) is 11.3 Å². The van der Waals surface area contributed by atoms with Crippen LogP contribution in [0.25, 0.3) is 0 Å². The molecule has 1 N–H and O–H groups in total. The summed E-state index contributed by atoms with van der Waals surface area (Å²) >= 11 is 7.82. The van der Waals surface area contributed by atoms with E-state index in [1.54, 1.807) is 17.6 Å². The molecule has 4 heteroatoms. The molecule has 1 atom stereocenters. The molecular weight excluding hydrogens is 242 g/mol. The van der Waals surface area contributed by atoms with Gasteiger partial charge in [-0.1, -0.05) is 11.6 Å². The largest absolute Gasteiger partial charge is 0.469 e. The van der Waals surface area contributed by atoms with Crippen LogP contribution in [-0.2, 0) is 6.42 Å². The average molecular weight is 256 g/mol. The Kier molecular flexibility index (Phi) is 4.04. The average Bonchev–Trinajstić information content (AvgIpc) is 2.92. The fourth-order valence-corrected chi connectivity index (χ4v) is 3.04. The monoisotopic (exact) mass is 255 g/mol. The van der Waals surface area contributed by atoms with Crippen molar-refractivity contribution in [3.05, 3.63) is 45.5 Å². The van der Waals surface area contributed by atoms with E-state index in [0.29, 0.717) is 6.04 Å². The summed E-state index contributed by atoms with van der Waals surface area (Å²) in [4.78, 5) is 1.20. The number of hydrogen-bond donors (Lipinski definition) is 1. The van der Waals surface area contributed by atoms with Crippen LogP contribution in [0.4, 0.5) is 0 Å². The first-order valence-electron chi connectivity index (χ1n) is 5.24. The van der Waals surface area contributed by atoms with E-state index < -0.39 is 0 Å². The van der Waals surface area contributed by atoms with E-state index in [4.69, 9.17) is 16.0 Å². The van der Waals surface area contributed by atoms with Crippen molar-refractivity contribution in [3.8, 4) is 0 Å². The van der Waals surface area contributed by atoms with Gasteiger partial charge in [0.1, 0.15) is 5.76 Å². The van der Waals surface area contributed by atoms with E-state index in [0.717, 1.165) is 23.6 Å². The standard InChI is InChI=1S/C12H14ClNOS/c1-14-11(12-10(13)6-8-16-12)5-4-9-3-2-7-15-9/h2-3,6-8,11,14H,4-5H2,1H3. The van der Waals surface area contributed by atoms with E-state index in [9.17, 15) is 0 Å². The lowest BCUT2D eigenvalue weighted by atomic mass is 10.1. The number of hydrogen-bond acceptors (Lipinski definition) is 3.